The van der Waals surface area contributed by atoms with Gasteiger partial charge in [-0.05, 0) is 45.8 Å². The van der Waals surface area contributed by atoms with Crippen LogP contribution in [-0.4, -0.2) is 39.6 Å². The van der Waals surface area contributed by atoms with Gasteiger partial charge in [-0.15, -0.1) is 0 Å². The van der Waals surface area contributed by atoms with E-state index in [0.717, 1.165) is 37.3 Å². The van der Waals surface area contributed by atoms with E-state index in [1.165, 1.54) is 0 Å². The molecule has 6 heteroatoms. The molecule has 0 aliphatic carbocycles. The SMILES string of the molecule is Cc1cc(C)n2ncc(C(=O)NC3CCNCC3)c2n1. The van der Waals surface area contributed by atoms with Gasteiger partial charge in [0, 0.05) is 17.4 Å². The third-order valence-corrected chi connectivity index (χ3v) is 3.70. The molecule has 1 saturated heterocycles. The Morgan fingerprint density at radius 1 is 1.40 bits per heavy atom. The van der Waals surface area contributed by atoms with E-state index < -0.39 is 0 Å². The monoisotopic (exact) mass is 273 g/mol. The van der Waals surface area contributed by atoms with Crippen molar-refractivity contribution in [1.82, 2.24) is 25.2 Å². The molecule has 0 radical (unpaired) electrons. The van der Waals surface area contributed by atoms with E-state index in [0.29, 0.717) is 11.2 Å². The van der Waals surface area contributed by atoms with Crippen LogP contribution in [0, 0.1) is 13.8 Å². The predicted octanol–water partition coefficient (Wildman–Crippen LogP) is 0.828. The third kappa shape index (κ3) is 2.38. The van der Waals surface area contributed by atoms with Gasteiger partial charge in [-0.3, -0.25) is 4.79 Å². The standard InChI is InChI=1S/C14H19N5O/c1-9-7-10(2)19-13(17-9)12(8-16-19)14(20)18-11-3-5-15-6-4-11/h7-8,11,15H,3-6H2,1-2H3,(H,18,20). The van der Waals surface area contributed by atoms with Crippen LogP contribution in [0.4, 0.5) is 0 Å². The largest absolute Gasteiger partial charge is 0.349 e. The van der Waals surface area contributed by atoms with Gasteiger partial charge in [0.25, 0.3) is 5.91 Å². The Morgan fingerprint density at radius 3 is 2.90 bits per heavy atom. The van der Waals surface area contributed by atoms with Crippen molar-refractivity contribution in [2.24, 2.45) is 0 Å². The molecule has 1 fully saturated rings. The van der Waals surface area contributed by atoms with Gasteiger partial charge in [-0.1, -0.05) is 0 Å². The van der Waals surface area contributed by atoms with Crippen LogP contribution in [-0.2, 0) is 0 Å². The molecule has 20 heavy (non-hydrogen) atoms. The molecule has 0 unspecified atom stereocenters. The van der Waals surface area contributed by atoms with E-state index in [2.05, 4.69) is 20.7 Å². The molecular weight excluding hydrogens is 254 g/mol. The Bertz CT molecular complexity index is 642. The Balaban J connectivity index is 1.87. The summed E-state index contributed by atoms with van der Waals surface area (Å²) in [4.78, 5) is 16.8. The lowest BCUT2D eigenvalue weighted by Gasteiger charge is -2.23. The average molecular weight is 273 g/mol. The highest BCUT2D eigenvalue weighted by atomic mass is 16.1. The number of amides is 1. The quantitative estimate of drug-likeness (QED) is 0.850. The molecule has 1 aliphatic rings. The van der Waals surface area contributed by atoms with Crippen molar-refractivity contribution in [1.29, 1.82) is 0 Å². The number of piperidine rings is 1. The lowest BCUT2D eigenvalue weighted by atomic mass is 10.1. The Labute approximate surface area is 117 Å². The van der Waals surface area contributed by atoms with Crippen molar-refractivity contribution in [2.45, 2.75) is 32.7 Å². The summed E-state index contributed by atoms with van der Waals surface area (Å²) >= 11 is 0. The molecule has 0 spiro atoms. The summed E-state index contributed by atoms with van der Waals surface area (Å²) < 4.78 is 1.71. The lowest BCUT2D eigenvalue weighted by Crippen LogP contribution is -2.42. The topological polar surface area (TPSA) is 71.3 Å². The number of hydrogen-bond acceptors (Lipinski definition) is 4. The zero-order valence-electron chi connectivity index (χ0n) is 11.8. The summed E-state index contributed by atoms with van der Waals surface area (Å²) in [5, 5.41) is 10.6. The summed E-state index contributed by atoms with van der Waals surface area (Å²) in [5.74, 6) is -0.0793. The smallest absolute Gasteiger partial charge is 0.256 e. The number of hydrogen-bond donors (Lipinski definition) is 2. The molecule has 0 bridgehead atoms. The van der Waals surface area contributed by atoms with Gasteiger partial charge in [0.2, 0.25) is 0 Å². The maximum absolute atomic E-state index is 12.4. The van der Waals surface area contributed by atoms with Crippen LogP contribution in [0.25, 0.3) is 5.65 Å². The van der Waals surface area contributed by atoms with Gasteiger partial charge in [0.05, 0.1) is 6.20 Å². The molecule has 3 heterocycles. The Hall–Kier alpha value is -1.95. The molecule has 0 atom stereocenters. The lowest BCUT2D eigenvalue weighted by molar-refractivity contribution is 0.0931. The molecule has 2 aromatic rings. The maximum Gasteiger partial charge on any atom is 0.256 e. The number of carbonyl (C=O) groups excluding carboxylic acids is 1. The summed E-state index contributed by atoms with van der Waals surface area (Å²) in [5.41, 5.74) is 3.06. The highest BCUT2D eigenvalue weighted by Gasteiger charge is 2.20. The molecule has 1 aliphatic heterocycles. The number of fused-ring (bicyclic) bond motifs is 1. The molecule has 1 amide bonds. The fourth-order valence-electron chi connectivity index (χ4n) is 2.66. The number of nitrogens with one attached hydrogen (secondary N) is 2. The minimum Gasteiger partial charge on any atom is -0.349 e. The molecule has 2 N–H and O–H groups in total. The summed E-state index contributed by atoms with van der Waals surface area (Å²) in [6.45, 7) is 5.80. The van der Waals surface area contributed by atoms with Gasteiger partial charge < -0.3 is 10.6 Å². The van der Waals surface area contributed by atoms with E-state index in [9.17, 15) is 4.79 Å². The molecule has 0 saturated carbocycles. The van der Waals surface area contributed by atoms with Crippen molar-refractivity contribution in [3.63, 3.8) is 0 Å². The Kier molecular flexibility index (Phi) is 3.40. The van der Waals surface area contributed by atoms with Gasteiger partial charge in [-0.25, -0.2) is 9.50 Å². The maximum atomic E-state index is 12.4. The van der Waals surface area contributed by atoms with Crippen molar-refractivity contribution in [3.05, 3.63) is 29.2 Å². The van der Waals surface area contributed by atoms with Gasteiger partial charge >= 0.3 is 0 Å². The first-order valence-electron chi connectivity index (χ1n) is 6.99. The number of aryl methyl sites for hydroxylation is 2. The van der Waals surface area contributed by atoms with E-state index in [-0.39, 0.29) is 11.9 Å². The second kappa shape index (κ2) is 5.20. The fraction of sp³-hybridized carbons (Fsp3) is 0.500. The number of nitrogens with zero attached hydrogens (tertiary/aromatic N) is 3. The predicted molar refractivity (Wildman–Crippen MR) is 75.8 cm³/mol. The van der Waals surface area contributed by atoms with E-state index >= 15 is 0 Å². The van der Waals surface area contributed by atoms with E-state index in [1.54, 1.807) is 10.7 Å². The molecule has 6 nitrogen and oxygen atoms in total. The fourth-order valence-corrected chi connectivity index (χ4v) is 2.66. The molecule has 3 rings (SSSR count). The summed E-state index contributed by atoms with van der Waals surface area (Å²) in [7, 11) is 0. The second-order valence-electron chi connectivity index (χ2n) is 5.33. The highest BCUT2D eigenvalue weighted by Crippen LogP contribution is 2.13. The van der Waals surface area contributed by atoms with E-state index in [1.807, 2.05) is 19.9 Å². The summed E-state index contributed by atoms with van der Waals surface area (Å²) in [6, 6.07) is 2.19. The van der Waals surface area contributed by atoms with Crippen LogP contribution >= 0.6 is 0 Å². The average Bonchev–Trinajstić information content (AvgIpc) is 2.84. The molecule has 0 aromatic carbocycles. The normalized spacial score (nSPS) is 16.5. The van der Waals surface area contributed by atoms with Gasteiger partial charge in [0.15, 0.2) is 5.65 Å². The zero-order chi connectivity index (χ0) is 14.1. The second-order valence-corrected chi connectivity index (χ2v) is 5.33. The van der Waals surface area contributed by atoms with Crippen molar-refractivity contribution < 1.29 is 4.79 Å². The van der Waals surface area contributed by atoms with E-state index in [4.69, 9.17) is 0 Å². The van der Waals surface area contributed by atoms with Crippen LogP contribution < -0.4 is 10.6 Å². The first-order valence-corrected chi connectivity index (χ1v) is 6.99. The first kappa shape index (κ1) is 13.1. The van der Waals surface area contributed by atoms with Crippen LogP contribution in [0.2, 0.25) is 0 Å². The number of rotatable bonds is 2. The van der Waals surface area contributed by atoms with Crippen LogP contribution in [0.1, 0.15) is 34.6 Å². The highest BCUT2D eigenvalue weighted by molar-refractivity contribution is 5.99. The first-order chi connectivity index (χ1) is 9.65. The van der Waals surface area contributed by atoms with Crippen molar-refractivity contribution in [2.75, 3.05) is 13.1 Å². The summed E-state index contributed by atoms with van der Waals surface area (Å²) in [6.07, 6.45) is 3.54. The minimum absolute atomic E-state index is 0.0793. The third-order valence-electron chi connectivity index (χ3n) is 3.70. The molecule has 2 aromatic heterocycles. The van der Waals surface area contributed by atoms with Crippen molar-refractivity contribution >= 4 is 11.6 Å². The number of carbonyl (C=O) groups is 1. The van der Waals surface area contributed by atoms with Crippen molar-refractivity contribution in [3.8, 4) is 0 Å². The zero-order valence-corrected chi connectivity index (χ0v) is 11.8. The van der Waals surface area contributed by atoms with Crippen LogP contribution in [0.5, 0.6) is 0 Å². The molecular formula is C14H19N5O. The van der Waals surface area contributed by atoms with Crippen LogP contribution in [0.15, 0.2) is 12.3 Å². The van der Waals surface area contributed by atoms with Gasteiger partial charge in [-0.2, -0.15) is 5.10 Å². The molecule has 106 valence electrons. The Morgan fingerprint density at radius 2 is 2.15 bits per heavy atom. The minimum atomic E-state index is -0.0793. The van der Waals surface area contributed by atoms with Gasteiger partial charge in [0.1, 0.15) is 5.56 Å². The number of aromatic nitrogens is 3. The van der Waals surface area contributed by atoms with Crippen LogP contribution in [0.3, 0.4) is 0 Å².